The van der Waals surface area contributed by atoms with E-state index >= 15 is 0 Å². The standard InChI is InChI=1S/C13H19BrN2O/c1-3-4-5-6-16-13(17)11-7-10(14)8-12(15)9(11)2/h7-8H,3-6,15H2,1-2H3,(H,16,17). The summed E-state index contributed by atoms with van der Waals surface area (Å²) in [7, 11) is 0. The number of carbonyl (C=O) groups is 1. The van der Waals surface area contributed by atoms with Gasteiger partial charge in [-0.3, -0.25) is 4.79 Å². The summed E-state index contributed by atoms with van der Waals surface area (Å²) in [4.78, 5) is 11.9. The summed E-state index contributed by atoms with van der Waals surface area (Å²) in [5, 5.41) is 2.91. The fourth-order valence-electron chi connectivity index (χ4n) is 1.61. The van der Waals surface area contributed by atoms with Crippen LogP contribution in [0.1, 0.15) is 42.1 Å². The van der Waals surface area contributed by atoms with Crippen molar-refractivity contribution in [2.24, 2.45) is 0 Å². The summed E-state index contributed by atoms with van der Waals surface area (Å²) in [5.41, 5.74) is 7.94. The SMILES string of the molecule is CCCCCNC(=O)c1cc(Br)cc(N)c1C. The summed E-state index contributed by atoms with van der Waals surface area (Å²) in [6.45, 7) is 4.72. The minimum atomic E-state index is -0.0494. The minimum absolute atomic E-state index is 0.0494. The third-order valence-electron chi connectivity index (χ3n) is 2.72. The third-order valence-corrected chi connectivity index (χ3v) is 3.18. The minimum Gasteiger partial charge on any atom is -0.398 e. The van der Waals surface area contributed by atoms with Crippen molar-refractivity contribution in [1.82, 2.24) is 5.32 Å². The van der Waals surface area contributed by atoms with Gasteiger partial charge in [0.1, 0.15) is 0 Å². The topological polar surface area (TPSA) is 55.1 Å². The first-order valence-corrected chi connectivity index (χ1v) is 6.69. The second-order valence-corrected chi connectivity index (χ2v) is 5.05. The van der Waals surface area contributed by atoms with E-state index in [1.165, 1.54) is 0 Å². The molecule has 0 atom stereocenters. The molecule has 0 fully saturated rings. The number of benzene rings is 1. The lowest BCUT2D eigenvalue weighted by Crippen LogP contribution is -2.25. The van der Waals surface area contributed by atoms with E-state index in [0.717, 1.165) is 35.8 Å². The maximum atomic E-state index is 11.9. The van der Waals surface area contributed by atoms with Gasteiger partial charge >= 0.3 is 0 Å². The van der Waals surface area contributed by atoms with Crippen LogP contribution in [0.5, 0.6) is 0 Å². The van der Waals surface area contributed by atoms with Crippen LogP contribution in [0.15, 0.2) is 16.6 Å². The Balaban J connectivity index is 2.69. The molecule has 0 aromatic heterocycles. The third kappa shape index (κ3) is 4.04. The molecule has 0 unspecified atom stereocenters. The van der Waals surface area contributed by atoms with E-state index in [9.17, 15) is 4.79 Å². The molecule has 1 aromatic carbocycles. The van der Waals surface area contributed by atoms with Gasteiger partial charge in [0.25, 0.3) is 5.91 Å². The van der Waals surface area contributed by atoms with Crippen LogP contribution in [0.25, 0.3) is 0 Å². The van der Waals surface area contributed by atoms with Crippen LogP contribution in [0.3, 0.4) is 0 Å². The molecular weight excluding hydrogens is 280 g/mol. The normalized spacial score (nSPS) is 10.3. The molecule has 3 nitrogen and oxygen atoms in total. The van der Waals surface area contributed by atoms with E-state index in [1.807, 2.05) is 13.0 Å². The molecule has 0 aliphatic rings. The molecule has 1 rings (SSSR count). The summed E-state index contributed by atoms with van der Waals surface area (Å²) in [6, 6.07) is 3.62. The zero-order chi connectivity index (χ0) is 12.8. The molecule has 0 radical (unpaired) electrons. The quantitative estimate of drug-likeness (QED) is 0.647. The van der Waals surface area contributed by atoms with Crippen LogP contribution >= 0.6 is 15.9 Å². The molecular formula is C13H19BrN2O. The number of hydrogen-bond acceptors (Lipinski definition) is 2. The first kappa shape index (κ1) is 14.0. The van der Waals surface area contributed by atoms with Crippen LogP contribution in [0.2, 0.25) is 0 Å². The molecule has 1 amide bonds. The Morgan fingerprint density at radius 1 is 1.41 bits per heavy atom. The lowest BCUT2D eigenvalue weighted by molar-refractivity contribution is 0.0952. The van der Waals surface area contributed by atoms with Crippen molar-refractivity contribution in [2.45, 2.75) is 33.1 Å². The number of unbranched alkanes of at least 4 members (excludes halogenated alkanes) is 2. The summed E-state index contributed by atoms with van der Waals surface area (Å²) in [6.07, 6.45) is 3.31. The lowest BCUT2D eigenvalue weighted by Gasteiger charge is -2.10. The summed E-state index contributed by atoms with van der Waals surface area (Å²) in [5.74, 6) is -0.0494. The number of hydrogen-bond donors (Lipinski definition) is 2. The van der Waals surface area contributed by atoms with Crippen LogP contribution < -0.4 is 11.1 Å². The molecule has 0 spiro atoms. The largest absolute Gasteiger partial charge is 0.398 e. The van der Waals surface area contributed by atoms with Gasteiger partial charge in [0.05, 0.1) is 0 Å². The van der Waals surface area contributed by atoms with E-state index in [0.29, 0.717) is 11.3 Å². The number of nitrogens with one attached hydrogen (secondary N) is 1. The average molecular weight is 299 g/mol. The number of nitrogens with two attached hydrogens (primary N) is 1. The number of amides is 1. The van der Waals surface area contributed by atoms with Crippen molar-refractivity contribution >= 4 is 27.5 Å². The van der Waals surface area contributed by atoms with Crippen LogP contribution in [-0.4, -0.2) is 12.5 Å². The first-order chi connectivity index (χ1) is 8.06. The predicted molar refractivity (Wildman–Crippen MR) is 75.1 cm³/mol. The average Bonchev–Trinajstić information content (AvgIpc) is 2.29. The van der Waals surface area contributed by atoms with Gasteiger partial charge in [0.15, 0.2) is 0 Å². The van der Waals surface area contributed by atoms with E-state index in [2.05, 4.69) is 28.2 Å². The number of halogens is 1. The molecule has 4 heteroatoms. The van der Waals surface area contributed by atoms with Gasteiger partial charge in [-0.2, -0.15) is 0 Å². The van der Waals surface area contributed by atoms with E-state index in [4.69, 9.17) is 5.73 Å². The zero-order valence-electron chi connectivity index (χ0n) is 10.3. The van der Waals surface area contributed by atoms with Gasteiger partial charge in [0.2, 0.25) is 0 Å². The fraction of sp³-hybridized carbons (Fsp3) is 0.462. The number of rotatable bonds is 5. The Labute approximate surface area is 111 Å². The Morgan fingerprint density at radius 3 is 2.76 bits per heavy atom. The van der Waals surface area contributed by atoms with Crippen LogP contribution in [0, 0.1) is 6.92 Å². The number of anilines is 1. The molecule has 17 heavy (non-hydrogen) atoms. The molecule has 0 saturated heterocycles. The van der Waals surface area contributed by atoms with E-state index in [1.54, 1.807) is 6.07 Å². The first-order valence-electron chi connectivity index (χ1n) is 5.90. The lowest BCUT2D eigenvalue weighted by atomic mass is 10.1. The van der Waals surface area contributed by atoms with Crippen molar-refractivity contribution in [3.05, 3.63) is 27.7 Å². The number of nitrogen functional groups attached to an aromatic ring is 1. The maximum Gasteiger partial charge on any atom is 0.251 e. The second kappa shape index (κ2) is 6.64. The molecule has 0 aliphatic heterocycles. The molecule has 0 heterocycles. The second-order valence-electron chi connectivity index (χ2n) is 4.13. The van der Waals surface area contributed by atoms with Crippen molar-refractivity contribution in [3.63, 3.8) is 0 Å². The zero-order valence-corrected chi connectivity index (χ0v) is 11.9. The molecule has 1 aromatic rings. The maximum absolute atomic E-state index is 11.9. The molecule has 0 saturated carbocycles. The Morgan fingerprint density at radius 2 is 2.12 bits per heavy atom. The van der Waals surface area contributed by atoms with Gasteiger partial charge in [-0.25, -0.2) is 0 Å². The molecule has 3 N–H and O–H groups in total. The Kier molecular flexibility index (Phi) is 5.48. The van der Waals surface area contributed by atoms with Crippen molar-refractivity contribution in [2.75, 3.05) is 12.3 Å². The monoisotopic (exact) mass is 298 g/mol. The smallest absolute Gasteiger partial charge is 0.251 e. The number of carbonyl (C=O) groups excluding carboxylic acids is 1. The Hall–Kier alpha value is -1.03. The fourth-order valence-corrected chi connectivity index (χ4v) is 2.08. The van der Waals surface area contributed by atoms with Gasteiger partial charge in [-0.05, 0) is 31.0 Å². The Bertz CT molecular complexity index is 405. The predicted octanol–water partition coefficient (Wildman–Crippen LogP) is 3.26. The molecule has 0 bridgehead atoms. The van der Waals surface area contributed by atoms with Gasteiger partial charge < -0.3 is 11.1 Å². The van der Waals surface area contributed by atoms with Crippen molar-refractivity contribution in [3.8, 4) is 0 Å². The highest BCUT2D eigenvalue weighted by molar-refractivity contribution is 9.10. The molecule has 94 valence electrons. The van der Waals surface area contributed by atoms with Gasteiger partial charge in [0, 0.05) is 22.3 Å². The highest BCUT2D eigenvalue weighted by atomic mass is 79.9. The van der Waals surface area contributed by atoms with Crippen LogP contribution in [-0.2, 0) is 0 Å². The van der Waals surface area contributed by atoms with Gasteiger partial charge in [-0.15, -0.1) is 0 Å². The summed E-state index contributed by atoms with van der Waals surface area (Å²) >= 11 is 3.35. The van der Waals surface area contributed by atoms with Crippen LogP contribution in [0.4, 0.5) is 5.69 Å². The highest BCUT2D eigenvalue weighted by Crippen LogP contribution is 2.22. The van der Waals surface area contributed by atoms with Gasteiger partial charge in [-0.1, -0.05) is 35.7 Å². The summed E-state index contributed by atoms with van der Waals surface area (Å²) < 4.78 is 0.833. The van der Waals surface area contributed by atoms with Crippen molar-refractivity contribution in [1.29, 1.82) is 0 Å². The van der Waals surface area contributed by atoms with Crippen molar-refractivity contribution < 1.29 is 4.79 Å². The highest BCUT2D eigenvalue weighted by Gasteiger charge is 2.11. The van der Waals surface area contributed by atoms with E-state index < -0.39 is 0 Å². The molecule has 0 aliphatic carbocycles. The van der Waals surface area contributed by atoms with E-state index in [-0.39, 0.29) is 5.91 Å².